The molecule has 1 heterocycles. The fourth-order valence-corrected chi connectivity index (χ4v) is 4.19. The molecule has 1 aliphatic rings. The highest BCUT2D eigenvalue weighted by Gasteiger charge is 2.19. The lowest BCUT2D eigenvalue weighted by Gasteiger charge is -2.23. The van der Waals surface area contributed by atoms with Crippen molar-refractivity contribution in [2.45, 2.75) is 84.3 Å². The van der Waals surface area contributed by atoms with Crippen LogP contribution in [-0.2, 0) is 17.9 Å². The molecule has 152 valence electrons. The van der Waals surface area contributed by atoms with Gasteiger partial charge in [0.1, 0.15) is 6.54 Å². The Bertz CT molecular complexity index is 952. The summed E-state index contributed by atoms with van der Waals surface area (Å²) in [5.74, 6) is -0.252. The molecule has 1 saturated carbocycles. The molecular formula is C22H31N3O3. The van der Waals surface area contributed by atoms with E-state index in [1.54, 1.807) is 10.6 Å². The third-order valence-corrected chi connectivity index (χ3v) is 5.70. The number of aryl methyl sites for hydroxylation is 2. The van der Waals surface area contributed by atoms with Gasteiger partial charge in [-0.3, -0.25) is 18.7 Å². The number of rotatable bonds is 7. The summed E-state index contributed by atoms with van der Waals surface area (Å²) >= 11 is 0. The van der Waals surface area contributed by atoms with Crippen molar-refractivity contribution >= 4 is 16.8 Å². The second-order valence-corrected chi connectivity index (χ2v) is 7.91. The van der Waals surface area contributed by atoms with Crippen LogP contribution in [0, 0.1) is 6.92 Å². The van der Waals surface area contributed by atoms with Crippen LogP contribution < -0.4 is 16.6 Å². The SMILES string of the molecule is CCCCCn1c(=O)n(CC(=O)NC2CCCCC2)c(=O)c2cccc(C)c21. The maximum Gasteiger partial charge on any atom is 0.331 e. The summed E-state index contributed by atoms with van der Waals surface area (Å²) in [6, 6.07) is 5.64. The summed E-state index contributed by atoms with van der Waals surface area (Å²) in [7, 11) is 0. The van der Waals surface area contributed by atoms with Crippen molar-refractivity contribution in [3.05, 3.63) is 44.6 Å². The molecule has 0 spiro atoms. The van der Waals surface area contributed by atoms with Gasteiger partial charge < -0.3 is 5.32 Å². The average Bonchev–Trinajstić information content (AvgIpc) is 2.69. The molecular weight excluding hydrogens is 354 g/mol. The zero-order valence-electron chi connectivity index (χ0n) is 17.0. The van der Waals surface area contributed by atoms with Crippen LogP contribution in [-0.4, -0.2) is 21.1 Å². The van der Waals surface area contributed by atoms with Gasteiger partial charge in [0.05, 0.1) is 10.9 Å². The van der Waals surface area contributed by atoms with Gasteiger partial charge in [0, 0.05) is 12.6 Å². The van der Waals surface area contributed by atoms with E-state index >= 15 is 0 Å². The lowest BCUT2D eigenvalue weighted by Crippen LogP contribution is -2.46. The van der Waals surface area contributed by atoms with Crippen LogP contribution in [0.2, 0.25) is 0 Å². The minimum absolute atomic E-state index is 0.159. The topological polar surface area (TPSA) is 73.1 Å². The zero-order chi connectivity index (χ0) is 20.1. The second kappa shape index (κ2) is 9.22. The van der Waals surface area contributed by atoms with Gasteiger partial charge in [-0.1, -0.05) is 51.2 Å². The van der Waals surface area contributed by atoms with Crippen molar-refractivity contribution in [2.75, 3.05) is 0 Å². The number of hydrogen-bond acceptors (Lipinski definition) is 3. The molecule has 0 unspecified atom stereocenters. The van der Waals surface area contributed by atoms with E-state index in [-0.39, 0.29) is 29.7 Å². The van der Waals surface area contributed by atoms with Crippen LogP contribution in [0.5, 0.6) is 0 Å². The summed E-state index contributed by atoms with van der Waals surface area (Å²) in [6.07, 6.45) is 8.31. The van der Waals surface area contributed by atoms with Gasteiger partial charge in [0.2, 0.25) is 5.91 Å². The predicted octanol–water partition coefficient (Wildman–Crippen LogP) is 3.11. The van der Waals surface area contributed by atoms with Crippen LogP contribution in [0.3, 0.4) is 0 Å². The highest BCUT2D eigenvalue weighted by atomic mass is 16.2. The fourth-order valence-electron chi connectivity index (χ4n) is 4.19. The van der Waals surface area contributed by atoms with Gasteiger partial charge >= 0.3 is 5.69 Å². The predicted molar refractivity (Wildman–Crippen MR) is 112 cm³/mol. The largest absolute Gasteiger partial charge is 0.352 e. The van der Waals surface area contributed by atoms with Crippen molar-refractivity contribution in [2.24, 2.45) is 0 Å². The molecule has 2 aromatic rings. The fraction of sp³-hybridized carbons (Fsp3) is 0.591. The lowest BCUT2D eigenvalue weighted by molar-refractivity contribution is -0.122. The van der Waals surface area contributed by atoms with Crippen LogP contribution in [0.1, 0.15) is 63.9 Å². The molecule has 1 fully saturated rings. The number of nitrogens with zero attached hydrogens (tertiary/aromatic N) is 2. The van der Waals surface area contributed by atoms with Crippen LogP contribution in [0.4, 0.5) is 0 Å². The van der Waals surface area contributed by atoms with Crippen LogP contribution in [0.15, 0.2) is 27.8 Å². The maximum absolute atomic E-state index is 13.1. The van der Waals surface area contributed by atoms with E-state index in [4.69, 9.17) is 0 Å². The number of amides is 1. The summed E-state index contributed by atoms with van der Waals surface area (Å²) in [5, 5.41) is 3.51. The third-order valence-electron chi connectivity index (χ3n) is 5.70. The van der Waals surface area contributed by atoms with Gasteiger partial charge in [0.25, 0.3) is 5.56 Å². The first kappa shape index (κ1) is 20.4. The monoisotopic (exact) mass is 385 g/mol. The molecule has 6 heteroatoms. The number of para-hydroxylation sites is 1. The number of fused-ring (bicyclic) bond motifs is 1. The molecule has 28 heavy (non-hydrogen) atoms. The molecule has 1 aliphatic carbocycles. The minimum Gasteiger partial charge on any atom is -0.352 e. The molecule has 1 N–H and O–H groups in total. The third kappa shape index (κ3) is 4.37. The van der Waals surface area contributed by atoms with E-state index in [2.05, 4.69) is 12.2 Å². The maximum atomic E-state index is 13.1. The van der Waals surface area contributed by atoms with E-state index < -0.39 is 0 Å². The van der Waals surface area contributed by atoms with E-state index in [1.807, 2.05) is 19.1 Å². The Morgan fingerprint density at radius 3 is 2.57 bits per heavy atom. The Kier molecular flexibility index (Phi) is 6.70. The summed E-state index contributed by atoms with van der Waals surface area (Å²) in [5.41, 5.74) is 0.829. The summed E-state index contributed by atoms with van der Waals surface area (Å²) < 4.78 is 2.78. The van der Waals surface area contributed by atoms with Crippen molar-refractivity contribution in [1.82, 2.24) is 14.5 Å². The van der Waals surface area contributed by atoms with E-state index in [1.165, 1.54) is 6.42 Å². The number of nitrogens with one attached hydrogen (secondary N) is 1. The molecule has 1 aromatic carbocycles. The van der Waals surface area contributed by atoms with Crippen molar-refractivity contribution in [3.63, 3.8) is 0 Å². The molecule has 1 aromatic heterocycles. The van der Waals surface area contributed by atoms with Crippen LogP contribution in [0.25, 0.3) is 10.9 Å². The normalized spacial score (nSPS) is 15.1. The van der Waals surface area contributed by atoms with Gasteiger partial charge in [-0.25, -0.2) is 4.79 Å². The Morgan fingerprint density at radius 1 is 1.11 bits per heavy atom. The minimum atomic E-state index is -0.387. The first-order valence-corrected chi connectivity index (χ1v) is 10.5. The molecule has 6 nitrogen and oxygen atoms in total. The number of carbonyl (C=O) groups excluding carboxylic acids is 1. The number of aromatic nitrogens is 2. The molecule has 0 saturated heterocycles. The average molecular weight is 386 g/mol. The molecule has 0 bridgehead atoms. The first-order chi connectivity index (χ1) is 13.5. The first-order valence-electron chi connectivity index (χ1n) is 10.5. The lowest BCUT2D eigenvalue weighted by atomic mass is 9.95. The van der Waals surface area contributed by atoms with Crippen molar-refractivity contribution in [3.8, 4) is 0 Å². The molecule has 1 amide bonds. The van der Waals surface area contributed by atoms with Crippen LogP contribution >= 0.6 is 0 Å². The quantitative estimate of drug-likeness (QED) is 0.744. The Morgan fingerprint density at radius 2 is 1.86 bits per heavy atom. The highest BCUT2D eigenvalue weighted by Crippen LogP contribution is 2.17. The Labute approximate surface area is 165 Å². The van der Waals surface area contributed by atoms with Gasteiger partial charge in [-0.2, -0.15) is 0 Å². The second-order valence-electron chi connectivity index (χ2n) is 7.91. The number of hydrogen-bond donors (Lipinski definition) is 1. The number of unbranched alkanes of at least 4 members (excludes halogenated alkanes) is 2. The summed E-state index contributed by atoms with van der Waals surface area (Å²) in [6.45, 7) is 4.37. The standard InChI is InChI=1S/C22H31N3O3/c1-3-4-8-14-24-20-16(2)10-9-13-18(20)21(27)25(22(24)28)15-19(26)23-17-11-6-5-7-12-17/h9-10,13,17H,3-8,11-12,14-15H2,1-2H3,(H,23,26). The van der Waals surface area contributed by atoms with Gasteiger partial charge in [-0.15, -0.1) is 0 Å². The van der Waals surface area contributed by atoms with Gasteiger partial charge in [0.15, 0.2) is 0 Å². The van der Waals surface area contributed by atoms with Crippen molar-refractivity contribution < 1.29 is 4.79 Å². The number of benzene rings is 1. The molecule has 0 atom stereocenters. The van der Waals surface area contributed by atoms with Crippen molar-refractivity contribution in [1.29, 1.82) is 0 Å². The molecule has 3 rings (SSSR count). The van der Waals surface area contributed by atoms with E-state index in [9.17, 15) is 14.4 Å². The molecule has 0 radical (unpaired) electrons. The smallest absolute Gasteiger partial charge is 0.331 e. The zero-order valence-corrected chi connectivity index (χ0v) is 17.0. The van der Waals surface area contributed by atoms with E-state index in [0.717, 1.165) is 55.1 Å². The Hall–Kier alpha value is -2.37. The molecule has 0 aliphatic heterocycles. The van der Waals surface area contributed by atoms with Gasteiger partial charge in [-0.05, 0) is 37.8 Å². The van der Waals surface area contributed by atoms with E-state index in [0.29, 0.717) is 17.4 Å². The highest BCUT2D eigenvalue weighted by molar-refractivity contribution is 5.82. The number of carbonyl (C=O) groups is 1. The summed E-state index contributed by atoms with van der Waals surface area (Å²) in [4.78, 5) is 38.6. The Balaban J connectivity index is 1.96.